The lowest BCUT2D eigenvalue weighted by atomic mass is 10.1. The van der Waals surface area contributed by atoms with Gasteiger partial charge in [-0.05, 0) is 29.8 Å². The van der Waals surface area contributed by atoms with Crippen LogP contribution in [0.15, 0.2) is 49.1 Å². The third kappa shape index (κ3) is 3.39. The fourth-order valence-electron chi connectivity index (χ4n) is 3.29. The fraction of sp³-hybridized carbons (Fsp3) is 0.316. The van der Waals surface area contributed by atoms with Gasteiger partial charge in [0.25, 0.3) is 0 Å². The highest BCUT2D eigenvalue weighted by molar-refractivity contribution is 5.86. The monoisotopic (exact) mass is 335 g/mol. The highest BCUT2D eigenvalue weighted by atomic mass is 16.5. The topological polar surface area (TPSA) is 54.4 Å². The zero-order valence-corrected chi connectivity index (χ0v) is 14.3. The summed E-state index contributed by atoms with van der Waals surface area (Å²) in [6.07, 6.45) is 5.30. The van der Waals surface area contributed by atoms with E-state index in [0.29, 0.717) is 5.88 Å². The van der Waals surface area contributed by atoms with Gasteiger partial charge < -0.3 is 9.64 Å². The first kappa shape index (κ1) is 15.8. The van der Waals surface area contributed by atoms with E-state index in [0.717, 1.165) is 43.6 Å². The molecule has 1 fully saturated rings. The van der Waals surface area contributed by atoms with Crippen LogP contribution in [0.5, 0.6) is 5.88 Å². The van der Waals surface area contributed by atoms with Crippen molar-refractivity contribution in [1.29, 1.82) is 0 Å². The van der Waals surface area contributed by atoms with Crippen molar-refractivity contribution in [3.8, 4) is 5.88 Å². The lowest BCUT2D eigenvalue weighted by Gasteiger charge is -2.36. The third-order valence-corrected chi connectivity index (χ3v) is 4.64. The number of fused-ring (bicyclic) bond motifs is 1. The molecule has 0 saturated carbocycles. The van der Waals surface area contributed by atoms with Gasteiger partial charge in [-0.15, -0.1) is 0 Å². The van der Waals surface area contributed by atoms with Gasteiger partial charge in [-0.1, -0.05) is 6.07 Å². The van der Waals surface area contributed by atoms with E-state index in [-0.39, 0.29) is 0 Å². The number of aromatic nitrogens is 3. The van der Waals surface area contributed by atoms with E-state index in [1.807, 2.05) is 24.5 Å². The van der Waals surface area contributed by atoms with E-state index >= 15 is 0 Å². The summed E-state index contributed by atoms with van der Waals surface area (Å²) >= 11 is 0. The molecule has 1 aliphatic heterocycles. The maximum Gasteiger partial charge on any atom is 0.224 e. The molecule has 0 N–H and O–H groups in total. The molecular formula is C19H21N5O. The van der Waals surface area contributed by atoms with Gasteiger partial charge in [-0.25, -0.2) is 9.97 Å². The second-order valence-electron chi connectivity index (χ2n) is 6.21. The Bertz CT molecular complexity index is 847. The minimum atomic E-state index is 0.627. The average molecular weight is 335 g/mol. The quantitative estimate of drug-likeness (QED) is 0.729. The van der Waals surface area contributed by atoms with E-state index < -0.39 is 0 Å². The van der Waals surface area contributed by atoms with Crippen LogP contribution in [-0.2, 0) is 6.54 Å². The minimum absolute atomic E-state index is 0.627. The number of anilines is 1. The number of piperazine rings is 1. The maximum atomic E-state index is 5.37. The van der Waals surface area contributed by atoms with Crippen molar-refractivity contribution in [1.82, 2.24) is 19.9 Å². The molecule has 2 aromatic heterocycles. The van der Waals surface area contributed by atoms with Crippen LogP contribution < -0.4 is 9.64 Å². The zero-order valence-electron chi connectivity index (χ0n) is 14.3. The Morgan fingerprint density at radius 3 is 2.72 bits per heavy atom. The summed E-state index contributed by atoms with van der Waals surface area (Å²) in [5, 5.41) is 0.959. The molecule has 0 unspecified atom stereocenters. The van der Waals surface area contributed by atoms with Crippen molar-refractivity contribution in [3.63, 3.8) is 0 Å². The summed E-state index contributed by atoms with van der Waals surface area (Å²) < 4.78 is 5.37. The maximum absolute atomic E-state index is 5.37. The predicted octanol–water partition coefficient (Wildman–Crippen LogP) is 2.36. The van der Waals surface area contributed by atoms with Crippen LogP contribution in [0.3, 0.4) is 0 Å². The molecular weight excluding hydrogens is 314 g/mol. The molecule has 6 nitrogen and oxygen atoms in total. The molecule has 3 heterocycles. The molecule has 0 atom stereocenters. The van der Waals surface area contributed by atoms with Gasteiger partial charge in [0.1, 0.15) is 6.33 Å². The van der Waals surface area contributed by atoms with Crippen LogP contribution in [0.4, 0.5) is 5.69 Å². The molecule has 1 aliphatic rings. The van der Waals surface area contributed by atoms with Gasteiger partial charge in [-0.3, -0.25) is 9.88 Å². The van der Waals surface area contributed by atoms with Crippen molar-refractivity contribution >= 4 is 16.6 Å². The van der Waals surface area contributed by atoms with Crippen LogP contribution in [0.1, 0.15) is 5.56 Å². The van der Waals surface area contributed by atoms with Crippen molar-refractivity contribution in [2.45, 2.75) is 6.54 Å². The summed E-state index contributed by atoms with van der Waals surface area (Å²) in [6, 6.07) is 10.4. The standard InChI is InChI=1S/C19H21N5O/c1-25-19-17-11-16(4-5-18(17)21-14-22-19)24-9-7-23(8-10-24)13-15-3-2-6-20-12-15/h2-6,11-12,14H,7-10,13H2,1H3. The smallest absolute Gasteiger partial charge is 0.224 e. The first-order valence-corrected chi connectivity index (χ1v) is 8.48. The molecule has 0 bridgehead atoms. The second kappa shape index (κ2) is 7.03. The summed E-state index contributed by atoms with van der Waals surface area (Å²) in [7, 11) is 1.64. The van der Waals surface area contributed by atoms with Gasteiger partial charge >= 0.3 is 0 Å². The summed E-state index contributed by atoms with van der Waals surface area (Å²) in [5.41, 5.74) is 3.37. The number of nitrogens with zero attached hydrogens (tertiary/aromatic N) is 5. The van der Waals surface area contributed by atoms with E-state index in [2.05, 4.69) is 43.0 Å². The van der Waals surface area contributed by atoms with E-state index in [9.17, 15) is 0 Å². The number of rotatable bonds is 4. The number of benzene rings is 1. The first-order valence-electron chi connectivity index (χ1n) is 8.48. The highest BCUT2D eigenvalue weighted by Crippen LogP contribution is 2.27. The Balaban J connectivity index is 1.46. The Morgan fingerprint density at radius 2 is 1.96 bits per heavy atom. The van der Waals surface area contributed by atoms with Crippen LogP contribution in [-0.4, -0.2) is 53.1 Å². The SMILES string of the molecule is COc1ncnc2ccc(N3CCN(Cc4cccnc4)CC3)cc12. The van der Waals surface area contributed by atoms with E-state index in [4.69, 9.17) is 4.74 Å². The van der Waals surface area contributed by atoms with Gasteiger partial charge in [0.05, 0.1) is 18.0 Å². The molecule has 0 spiro atoms. The van der Waals surface area contributed by atoms with Crippen LogP contribution >= 0.6 is 0 Å². The minimum Gasteiger partial charge on any atom is -0.480 e. The molecule has 3 aromatic rings. The van der Waals surface area contributed by atoms with Crippen molar-refractivity contribution < 1.29 is 4.74 Å². The highest BCUT2D eigenvalue weighted by Gasteiger charge is 2.18. The molecule has 6 heteroatoms. The zero-order chi connectivity index (χ0) is 17.1. The number of hydrogen-bond donors (Lipinski definition) is 0. The number of hydrogen-bond acceptors (Lipinski definition) is 6. The normalized spacial score (nSPS) is 15.5. The molecule has 0 amide bonds. The largest absolute Gasteiger partial charge is 0.480 e. The average Bonchev–Trinajstić information content (AvgIpc) is 2.68. The van der Waals surface area contributed by atoms with Crippen LogP contribution in [0, 0.1) is 0 Å². The molecule has 128 valence electrons. The summed E-state index contributed by atoms with van der Waals surface area (Å²) in [4.78, 5) is 17.6. The number of ether oxygens (including phenoxy) is 1. The lowest BCUT2D eigenvalue weighted by Crippen LogP contribution is -2.45. The molecule has 25 heavy (non-hydrogen) atoms. The molecule has 1 aromatic carbocycles. The van der Waals surface area contributed by atoms with Crippen molar-refractivity contribution in [3.05, 3.63) is 54.6 Å². The molecule has 0 radical (unpaired) electrons. The van der Waals surface area contributed by atoms with E-state index in [1.165, 1.54) is 17.6 Å². The number of methoxy groups -OCH3 is 1. The molecule has 0 aliphatic carbocycles. The summed E-state index contributed by atoms with van der Waals surface area (Å²) in [5.74, 6) is 0.627. The van der Waals surface area contributed by atoms with Gasteiger partial charge in [-0.2, -0.15) is 0 Å². The van der Waals surface area contributed by atoms with Crippen LogP contribution in [0.2, 0.25) is 0 Å². The second-order valence-corrected chi connectivity index (χ2v) is 6.21. The lowest BCUT2D eigenvalue weighted by molar-refractivity contribution is 0.249. The Morgan fingerprint density at radius 1 is 1.08 bits per heavy atom. The van der Waals surface area contributed by atoms with Gasteiger partial charge in [0.2, 0.25) is 5.88 Å². The van der Waals surface area contributed by atoms with Crippen molar-refractivity contribution in [2.75, 3.05) is 38.2 Å². The fourth-order valence-corrected chi connectivity index (χ4v) is 3.29. The van der Waals surface area contributed by atoms with E-state index in [1.54, 1.807) is 7.11 Å². The van der Waals surface area contributed by atoms with Crippen molar-refractivity contribution in [2.24, 2.45) is 0 Å². The first-order chi connectivity index (χ1) is 12.3. The molecule has 4 rings (SSSR count). The predicted molar refractivity (Wildman–Crippen MR) is 97.8 cm³/mol. The van der Waals surface area contributed by atoms with Gasteiger partial charge in [0, 0.05) is 50.8 Å². The number of pyridine rings is 1. The Labute approximate surface area is 147 Å². The Hall–Kier alpha value is -2.73. The Kier molecular flexibility index (Phi) is 4.43. The molecule has 1 saturated heterocycles. The van der Waals surface area contributed by atoms with Crippen LogP contribution in [0.25, 0.3) is 10.9 Å². The third-order valence-electron chi connectivity index (χ3n) is 4.64. The van der Waals surface area contributed by atoms with Gasteiger partial charge in [0.15, 0.2) is 0 Å². The summed E-state index contributed by atoms with van der Waals surface area (Å²) in [6.45, 7) is 5.04.